The van der Waals surface area contributed by atoms with Crippen LogP contribution in [0.3, 0.4) is 0 Å². The van der Waals surface area contributed by atoms with Gasteiger partial charge >= 0.3 is 6.43 Å². The van der Waals surface area contributed by atoms with Crippen LogP contribution in [0.1, 0.15) is 29.9 Å². The van der Waals surface area contributed by atoms with E-state index in [2.05, 4.69) is 25.4 Å². The topological polar surface area (TPSA) is 72.9 Å². The number of hydrogen-bond donors (Lipinski definition) is 0. The lowest BCUT2D eigenvalue weighted by Crippen LogP contribution is -2.36. The van der Waals surface area contributed by atoms with E-state index < -0.39 is 18.1 Å². The molecule has 0 radical (unpaired) electrons. The van der Waals surface area contributed by atoms with Crippen LogP contribution in [0.4, 0.5) is 13.2 Å². The van der Waals surface area contributed by atoms with Crippen LogP contribution in [0.25, 0.3) is 22.7 Å². The number of likely N-dealkylation sites (tertiary alicyclic amines) is 1. The smallest absolute Gasteiger partial charge is 0.314 e. The van der Waals surface area contributed by atoms with Crippen molar-refractivity contribution in [3.05, 3.63) is 70.5 Å². The molecule has 2 aromatic carbocycles. The molecule has 2 aromatic heterocycles. The summed E-state index contributed by atoms with van der Waals surface area (Å²) in [6.07, 6.45) is 0.0446. The Morgan fingerprint density at radius 2 is 1.76 bits per heavy atom. The molecule has 0 atom stereocenters. The Balaban J connectivity index is 1.30. The van der Waals surface area contributed by atoms with Crippen LogP contribution < -0.4 is 0 Å². The summed E-state index contributed by atoms with van der Waals surface area (Å²) in [5, 5.41) is 15.7. The average Bonchev–Trinajstić information content (AvgIpc) is 3.43. The Hall–Kier alpha value is -3.24. The van der Waals surface area contributed by atoms with Crippen LogP contribution in [-0.4, -0.2) is 43.2 Å². The van der Waals surface area contributed by atoms with Gasteiger partial charge in [-0.05, 0) is 43.3 Å². The van der Waals surface area contributed by atoms with Crippen molar-refractivity contribution in [2.24, 2.45) is 0 Å². The molecule has 0 spiro atoms. The van der Waals surface area contributed by atoms with Gasteiger partial charge in [-0.2, -0.15) is 8.78 Å². The average molecular weight is 475 g/mol. The second kappa shape index (κ2) is 8.95. The van der Waals surface area contributed by atoms with Gasteiger partial charge in [0.25, 0.3) is 5.89 Å². The van der Waals surface area contributed by atoms with Gasteiger partial charge in [0, 0.05) is 28.3 Å². The van der Waals surface area contributed by atoms with Crippen molar-refractivity contribution < 1.29 is 17.6 Å². The van der Waals surface area contributed by atoms with Gasteiger partial charge in [-0.3, -0.25) is 4.90 Å². The highest BCUT2D eigenvalue weighted by Gasteiger charge is 2.18. The molecular formula is C22H18ClF3N6O. The first-order valence-corrected chi connectivity index (χ1v) is 10.7. The number of benzene rings is 2. The van der Waals surface area contributed by atoms with E-state index in [-0.39, 0.29) is 18.0 Å². The van der Waals surface area contributed by atoms with Crippen molar-refractivity contribution in [1.82, 2.24) is 30.1 Å². The third kappa shape index (κ3) is 4.62. The molecule has 1 fully saturated rings. The quantitative estimate of drug-likeness (QED) is 0.376. The highest BCUT2D eigenvalue weighted by atomic mass is 35.5. The summed E-state index contributed by atoms with van der Waals surface area (Å²) in [6, 6.07) is 9.99. The first kappa shape index (κ1) is 21.6. The number of rotatable bonds is 7. The van der Waals surface area contributed by atoms with Crippen molar-refractivity contribution in [2.45, 2.75) is 25.9 Å². The van der Waals surface area contributed by atoms with E-state index in [9.17, 15) is 13.2 Å². The fourth-order valence-electron chi connectivity index (χ4n) is 3.55. The summed E-state index contributed by atoms with van der Waals surface area (Å²) in [5.74, 6) is -1.54. The number of alkyl halides is 2. The molecule has 0 aliphatic carbocycles. The van der Waals surface area contributed by atoms with Crippen molar-refractivity contribution in [2.75, 3.05) is 13.1 Å². The predicted molar refractivity (Wildman–Crippen MR) is 114 cm³/mol. The molecule has 0 unspecified atom stereocenters. The second-order valence-corrected chi connectivity index (χ2v) is 8.20. The van der Waals surface area contributed by atoms with Gasteiger partial charge in [-0.25, -0.2) is 9.07 Å². The normalized spacial score (nSPS) is 14.1. The van der Waals surface area contributed by atoms with E-state index >= 15 is 0 Å². The Labute approximate surface area is 191 Å². The third-order valence-corrected chi connectivity index (χ3v) is 5.84. The molecule has 0 amide bonds. The molecule has 1 aliphatic rings. The summed E-state index contributed by atoms with van der Waals surface area (Å²) >= 11 is 6.46. The molecule has 33 heavy (non-hydrogen) atoms. The molecule has 1 aliphatic heterocycles. The van der Waals surface area contributed by atoms with Gasteiger partial charge in [0.15, 0.2) is 0 Å². The third-order valence-electron chi connectivity index (χ3n) is 5.49. The minimum atomic E-state index is -2.89. The number of halogens is 4. The highest BCUT2D eigenvalue weighted by molar-refractivity contribution is 6.31. The monoisotopic (exact) mass is 474 g/mol. The summed E-state index contributed by atoms with van der Waals surface area (Å²) in [5.41, 5.74) is 3.06. The minimum Gasteiger partial charge on any atom is -0.415 e. The van der Waals surface area contributed by atoms with Crippen LogP contribution in [0.2, 0.25) is 5.02 Å². The van der Waals surface area contributed by atoms with E-state index in [0.29, 0.717) is 16.3 Å². The van der Waals surface area contributed by atoms with E-state index in [4.69, 9.17) is 16.0 Å². The lowest BCUT2D eigenvalue weighted by atomic mass is 10.1. The van der Waals surface area contributed by atoms with Gasteiger partial charge in [0.2, 0.25) is 5.89 Å². The van der Waals surface area contributed by atoms with E-state index in [0.717, 1.165) is 36.8 Å². The standard InChI is InChI=1S/C22H18ClF3N6O/c23-17-8-13(2-4-15(17)10-31-6-1-7-31)19-12-32(30-27-19)11-16-5-3-14(9-18(16)24)21-28-29-22(33-21)20(25)26/h2-5,8-9,12,20H,1,6-7,10-11H2. The summed E-state index contributed by atoms with van der Waals surface area (Å²) < 4.78 is 46.2. The van der Waals surface area contributed by atoms with Gasteiger partial charge in [-0.15, -0.1) is 15.3 Å². The van der Waals surface area contributed by atoms with Crippen LogP contribution in [0, 0.1) is 5.82 Å². The largest absolute Gasteiger partial charge is 0.415 e. The van der Waals surface area contributed by atoms with Gasteiger partial charge in [0.1, 0.15) is 11.5 Å². The Bertz CT molecular complexity index is 1290. The van der Waals surface area contributed by atoms with Crippen molar-refractivity contribution in [3.63, 3.8) is 0 Å². The molecule has 3 heterocycles. The van der Waals surface area contributed by atoms with Gasteiger partial charge in [-0.1, -0.05) is 35.0 Å². The lowest BCUT2D eigenvalue weighted by Gasteiger charge is -2.30. The van der Waals surface area contributed by atoms with Crippen molar-refractivity contribution in [3.8, 4) is 22.7 Å². The highest BCUT2D eigenvalue weighted by Crippen LogP contribution is 2.27. The molecule has 7 nitrogen and oxygen atoms in total. The summed E-state index contributed by atoms with van der Waals surface area (Å²) in [4.78, 5) is 2.33. The van der Waals surface area contributed by atoms with Crippen molar-refractivity contribution >= 4 is 11.6 Å². The van der Waals surface area contributed by atoms with Gasteiger partial charge < -0.3 is 4.42 Å². The number of hydrogen-bond acceptors (Lipinski definition) is 6. The molecule has 1 saturated heterocycles. The van der Waals surface area contributed by atoms with Gasteiger partial charge in [0.05, 0.1) is 12.7 Å². The maximum Gasteiger partial charge on any atom is 0.314 e. The first-order valence-electron chi connectivity index (χ1n) is 10.3. The zero-order valence-corrected chi connectivity index (χ0v) is 18.0. The molecule has 4 aromatic rings. The second-order valence-electron chi connectivity index (χ2n) is 7.79. The Morgan fingerprint density at radius 3 is 2.42 bits per heavy atom. The maximum atomic E-state index is 14.6. The van der Waals surface area contributed by atoms with Crippen molar-refractivity contribution in [1.29, 1.82) is 0 Å². The maximum absolute atomic E-state index is 14.6. The zero-order valence-electron chi connectivity index (χ0n) is 17.3. The Morgan fingerprint density at radius 1 is 0.970 bits per heavy atom. The molecule has 0 bridgehead atoms. The number of aromatic nitrogens is 5. The summed E-state index contributed by atoms with van der Waals surface area (Å²) in [6.45, 7) is 3.14. The fourth-order valence-corrected chi connectivity index (χ4v) is 3.79. The van der Waals surface area contributed by atoms with Crippen LogP contribution in [0.5, 0.6) is 0 Å². The van der Waals surface area contributed by atoms with Crippen LogP contribution in [0.15, 0.2) is 47.0 Å². The molecular weight excluding hydrogens is 457 g/mol. The molecule has 5 rings (SSSR count). The molecule has 11 heteroatoms. The SMILES string of the molecule is Fc1cc(-c2nnc(C(F)F)o2)ccc1Cn1cc(-c2ccc(CN3CCC3)c(Cl)c2)nn1. The molecule has 0 saturated carbocycles. The lowest BCUT2D eigenvalue weighted by molar-refractivity contribution is 0.116. The van der Waals surface area contributed by atoms with E-state index in [1.54, 1.807) is 6.20 Å². The Kier molecular flexibility index (Phi) is 5.86. The van der Waals surface area contributed by atoms with Crippen LogP contribution >= 0.6 is 11.6 Å². The molecule has 170 valence electrons. The summed E-state index contributed by atoms with van der Waals surface area (Å²) in [7, 11) is 0. The van der Waals surface area contributed by atoms with E-state index in [1.807, 2.05) is 18.2 Å². The number of nitrogens with zero attached hydrogens (tertiary/aromatic N) is 6. The molecule has 0 N–H and O–H groups in total. The van der Waals surface area contributed by atoms with E-state index in [1.165, 1.54) is 23.2 Å². The van der Waals surface area contributed by atoms with Crippen LogP contribution in [-0.2, 0) is 13.1 Å². The zero-order chi connectivity index (χ0) is 22.9. The predicted octanol–water partition coefficient (Wildman–Crippen LogP) is 4.98. The minimum absolute atomic E-state index is 0.131. The fraction of sp³-hybridized carbons (Fsp3) is 0.273. The first-order chi connectivity index (χ1) is 16.0.